The molecular weight excluding hydrogens is 262 g/mol. The number of para-hydroxylation sites is 1. The summed E-state index contributed by atoms with van der Waals surface area (Å²) in [4.78, 5) is 15.8. The SMILES string of the molecule is Cc1cccc(Oc2nc3ccccc3cc2C=O)c1C. The zero-order valence-electron chi connectivity index (χ0n) is 12.0. The van der Waals surface area contributed by atoms with Crippen LogP contribution in [0.25, 0.3) is 10.9 Å². The number of nitrogens with zero attached hydrogens (tertiary/aromatic N) is 1. The zero-order valence-corrected chi connectivity index (χ0v) is 12.0. The van der Waals surface area contributed by atoms with Gasteiger partial charge in [-0.3, -0.25) is 4.79 Å². The molecule has 0 fully saturated rings. The second-order valence-electron chi connectivity index (χ2n) is 4.99. The maximum absolute atomic E-state index is 11.3. The molecule has 1 aromatic heterocycles. The lowest BCUT2D eigenvalue weighted by molar-refractivity contribution is 0.112. The lowest BCUT2D eigenvalue weighted by Gasteiger charge is -2.11. The van der Waals surface area contributed by atoms with Crippen molar-refractivity contribution in [3.8, 4) is 11.6 Å². The first-order chi connectivity index (χ1) is 10.2. The molecule has 3 nitrogen and oxygen atoms in total. The van der Waals surface area contributed by atoms with Crippen LogP contribution in [0.15, 0.2) is 48.5 Å². The Bertz CT molecular complexity index is 825. The van der Waals surface area contributed by atoms with Crippen LogP contribution in [0.4, 0.5) is 0 Å². The quantitative estimate of drug-likeness (QED) is 0.664. The molecule has 0 atom stereocenters. The highest BCUT2D eigenvalue weighted by atomic mass is 16.5. The predicted molar refractivity (Wildman–Crippen MR) is 83.1 cm³/mol. The average molecular weight is 277 g/mol. The maximum atomic E-state index is 11.3. The minimum atomic E-state index is 0.345. The second kappa shape index (κ2) is 5.37. The van der Waals surface area contributed by atoms with E-state index in [1.807, 2.05) is 56.3 Å². The van der Waals surface area contributed by atoms with Crippen molar-refractivity contribution in [1.82, 2.24) is 4.98 Å². The van der Waals surface area contributed by atoms with Crippen molar-refractivity contribution in [1.29, 1.82) is 0 Å². The molecule has 0 aliphatic carbocycles. The van der Waals surface area contributed by atoms with Crippen LogP contribution in [-0.2, 0) is 0 Å². The number of benzene rings is 2. The molecule has 0 N–H and O–H groups in total. The van der Waals surface area contributed by atoms with Crippen LogP contribution in [0.3, 0.4) is 0 Å². The number of aryl methyl sites for hydroxylation is 1. The van der Waals surface area contributed by atoms with E-state index in [1.54, 1.807) is 6.07 Å². The monoisotopic (exact) mass is 277 g/mol. The van der Waals surface area contributed by atoms with Crippen molar-refractivity contribution in [2.75, 3.05) is 0 Å². The van der Waals surface area contributed by atoms with Crippen molar-refractivity contribution in [3.63, 3.8) is 0 Å². The fourth-order valence-electron chi connectivity index (χ4n) is 2.22. The lowest BCUT2D eigenvalue weighted by atomic mass is 10.1. The average Bonchev–Trinajstić information content (AvgIpc) is 2.51. The second-order valence-corrected chi connectivity index (χ2v) is 4.99. The highest BCUT2D eigenvalue weighted by Crippen LogP contribution is 2.29. The van der Waals surface area contributed by atoms with Crippen LogP contribution in [0.1, 0.15) is 21.5 Å². The van der Waals surface area contributed by atoms with Gasteiger partial charge in [0, 0.05) is 5.39 Å². The molecule has 3 heteroatoms. The van der Waals surface area contributed by atoms with Crippen LogP contribution in [0, 0.1) is 13.8 Å². The van der Waals surface area contributed by atoms with Gasteiger partial charge in [0.1, 0.15) is 5.75 Å². The number of hydrogen-bond acceptors (Lipinski definition) is 3. The van der Waals surface area contributed by atoms with Gasteiger partial charge < -0.3 is 4.74 Å². The molecule has 21 heavy (non-hydrogen) atoms. The van der Waals surface area contributed by atoms with Gasteiger partial charge >= 0.3 is 0 Å². The Hall–Kier alpha value is -2.68. The summed E-state index contributed by atoms with van der Waals surface area (Å²) in [6.45, 7) is 4.02. The summed E-state index contributed by atoms with van der Waals surface area (Å²) in [5.41, 5.74) is 3.45. The number of fused-ring (bicyclic) bond motifs is 1. The Morgan fingerprint density at radius 3 is 2.67 bits per heavy atom. The molecule has 0 saturated heterocycles. The fourth-order valence-corrected chi connectivity index (χ4v) is 2.22. The van der Waals surface area contributed by atoms with E-state index in [0.717, 1.165) is 34.1 Å². The minimum absolute atomic E-state index is 0.345. The van der Waals surface area contributed by atoms with Gasteiger partial charge in [-0.1, -0.05) is 30.3 Å². The van der Waals surface area contributed by atoms with Crippen LogP contribution >= 0.6 is 0 Å². The standard InChI is InChI=1S/C18H15NO2/c1-12-6-5-9-17(13(12)2)21-18-15(11-20)10-14-7-3-4-8-16(14)19-18/h3-11H,1-2H3. The molecule has 0 aliphatic heterocycles. The van der Waals surface area contributed by atoms with Gasteiger partial charge in [-0.05, 0) is 43.2 Å². The predicted octanol–water partition coefficient (Wildman–Crippen LogP) is 4.46. The Kier molecular flexibility index (Phi) is 3.40. The van der Waals surface area contributed by atoms with Crippen molar-refractivity contribution >= 4 is 17.2 Å². The summed E-state index contributed by atoms with van der Waals surface area (Å²) in [6.07, 6.45) is 0.778. The van der Waals surface area contributed by atoms with E-state index < -0.39 is 0 Å². The van der Waals surface area contributed by atoms with Crippen molar-refractivity contribution in [2.24, 2.45) is 0 Å². The third-order valence-corrected chi connectivity index (χ3v) is 3.61. The Labute approximate surface area is 123 Å². The number of carbonyl (C=O) groups is 1. The fraction of sp³-hybridized carbons (Fsp3) is 0.111. The molecule has 3 rings (SSSR count). The summed E-state index contributed by atoms with van der Waals surface area (Å²) in [5, 5.41) is 0.924. The molecule has 2 aromatic carbocycles. The van der Waals surface area contributed by atoms with Gasteiger partial charge in [-0.2, -0.15) is 0 Å². The first-order valence-electron chi connectivity index (χ1n) is 6.78. The maximum Gasteiger partial charge on any atom is 0.230 e. The molecule has 0 aliphatic rings. The Balaban J connectivity index is 2.11. The third kappa shape index (κ3) is 2.50. The highest BCUT2D eigenvalue weighted by Gasteiger charge is 2.10. The van der Waals surface area contributed by atoms with Crippen LogP contribution in [0.2, 0.25) is 0 Å². The number of carbonyl (C=O) groups excluding carboxylic acids is 1. The molecule has 3 aromatic rings. The number of aldehydes is 1. The van der Waals surface area contributed by atoms with Gasteiger partial charge in [-0.15, -0.1) is 0 Å². The molecule has 0 bridgehead atoms. The normalized spacial score (nSPS) is 10.6. The van der Waals surface area contributed by atoms with Gasteiger partial charge in [-0.25, -0.2) is 4.98 Å². The van der Waals surface area contributed by atoms with Crippen molar-refractivity contribution < 1.29 is 9.53 Å². The van der Waals surface area contributed by atoms with E-state index in [-0.39, 0.29) is 0 Å². The summed E-state index contributed by atoms with van der Waals surface area (Å²) in [5.74, 6) is 1.07. The van der Waals surface area contributed by atoms with E-state index >= 15 is 0 Å². The van der Waals surface area contributed by atoms with Gasteiger partial charge in [0.2, 0.25) is 5.88 Å². The summed E-state index contributed by atoms with van der Waals surface area (Å²) < 4.78 is 5.88. The molecule has 1 heterocycles. The minimum Gasteiger partial charge on any atom is -0.438 e. The molecule has 0 unspecified atom stereocenters. The number of hydrogen-bond donors (Lipinski definition) is 0. The molecule has 0 amide bonds. The van der Waals surface area contributed by atoms with Crippen LogP contribution in [-0.4, -0.2) is 11.3 Å². The van der Waals surface area contributed by atoms with Crippen molar-refractivity contribution in [2.45, 2.75) is 13.8 Å². The zero-order chi connectivity index (χ0) is 14.8. The largest absolute Gasteiger partial charge is 0.438 e. The highest BCUT2D eigenvalue weighted by molar-refractivity contribution is 5.88. The Morgan fingerprint density at radius 1 is 1.05 bits per heavy atom. The van der Waals surface area contributed by atoms with E-state index in [9.17, 15) is 4.79 Å². The molecule has 104 valence electrons. The number of pyridine rings is 1. The van der Waals surface area contributed by atoms with Crippen LogP contribution < -0.4 is 4.74 Å². The topological polar surface area (TPSA) is 39.2 Å². The number of ether oxygens (including phenoxy) is 1. The first-order valence-corrected chi connectivity index (χ1v) is 6.78. The van der Waals surface area contributed by atoms with E-state index in [0.29, 0.717) is 11.4 Å². The third-order valence-electron chi connectivity index (χ3n) is 3.61. The molecular formula is C18H15NO2. The summed E-state index contributed by atoms with van der Waals surface area (Å²) in [7, 11) is 0. The summed E-state index contributed by atoms with van der Waals surface area (Å²) >= 11 is 0. The first kappa shape index (κ1) is 13.3. The number of aromatic nitrogens is 1. The van der Waals surface area contributed by atoms with E-state index in [2.05, 4.69) is 4.98 Å². The number of rotatable bonds is 3. The van der Waals surface area contributed by atoms with Gasteiger partial charge in [0.25, 0.3) is 0 Å². The van der Waals surface area contributed by atoms with E-state index in [4.69, 9.17) is 4.74 Å². The van der Waals surface area contributed by atoms with Gasteiger partial charge in [0.15, 0.2) is 6.29 Å². The molecule has 0 spiro atoms. The molecule has 0 saturated carbocycles. The smallest absolute Gasteiger partial charge is 0.230 e. The van der Waals surface area contributed by atoms with Crippen LogP contribution in [0.5, 0.6) is 11.6 Å². The lowest BCUT2D eigenvalue weighted by Crippen LogP contribution is -1.97. The summed E-state index contributed by atoms with van der Waals surface area (Å²) in [6, 6.07) is 15.3. The molecule has 0 radical (unpaired) electrons. The van der Waals surface area contributed by atoms with Crippen molar-refractivity contribution in [3.05, 3.63) is 65.2 Å². The van der Waals surface area contributed by atoms with E-state index in [1.165, 1.54) is 0 Å². The Morgan fingerprint density at radius 2 is 1.86 bits per heavy atom. The van der Waals surface area contributed by atoms with Gasteiger partial charge in [0.05, 0.1) is 11.1 Å².